The Morgan fingerprint density at radius 3 is 2.10 bits per heavy atom. The van der Waals surface area contributed by atoms with Gasteiger partial charge in [-0.15, -0.1) is 0 Å². The van der Waals surface area contributed by atoms with E-state index in [1.807, 2.05) is 41.5 Å². The average Bonchev–Trinajstić information content (AvgIpc) is 3.36. The maximum Gasteiger partial charge on any atom is 0.449 e. The summed E-state index contributed by atoms with van der Waals surface area (Å²) in [6.45, 7) is 13.5. The monoisotopic (exact) mass is 650 g/mol. The highest BCUT2D eigenvalue weighted by Crippen LogP contribution is 2.44. The number of hydrogen-bond donors (Lipinski definition) is 0. The Balaban J connectivity index is 1.21. The van der Waals surface area contributed by atoms with Crippen LogP contribution in [0.5, 0.6) is 5.75 Å². The molecule has 0 aliphatic carbocycles. The minimum atomic E-state index is -4.30. The van der Waals surface area contributed by atoms with Crippen LogP contribution in [-0.2, 0) is 47.7 Å². The molecule has 0 aromatic heterocycles. The van der Waals surface area contributed by atoms with Gasteiger partial charge in [0, 0.05) is 10.4 Å². The molecule has 4 fully saturated rings. The number of ether oxygens (including phenoxy) is 7. The molecule has 226 valence electrons. The third-order valence-corrected chi connectivity index (χ3v) is 9.40. The second-order valence-corrected chi connectivity index (χ2v) is 14.0. The molecule has 0 saturated carbocycles. The Kier molecular flexibility index (Phi) is 8.66. The quantitative estimate of drug-likeness (QED) is 0.404. The maximum absolute atomic E-state index is 12.5. The third kappa shape index (κ3) is 6.69. The van der Waals surface area contributed by atoms with Gasteiger partial charge in [-0.2, -0.15) is 8.42 Å². The van der Waals surface area contributed by atoms with Crippen molar-refractivity contribution in [1.29, 1.82) is 0 Å². The summed E-state index contributed by atoms with van der Waals surface area (Å²) in [6.07, 6.45) is -3.52. The summed E-state index contributed by atoms with van der Waals surface area (Å²) >= 11 is 3.31. The van der Waals surface area contributed by atoms with Gasteiger partial charge in [-0.25, -0.2) is 4.18 Å². The minimum Gasteiger partial charge on any atom is -0.362 e. The lowest BCUT2D eigenvalue weighted by Gasteiger charge is -2.44. The van der Waals surface area contributed by atoms with Crippen molar-refractivity contribution in [1.82, 2.24) is 0 Å². The predicted molar refractivity (Wildman–Crippen MR) is 144 cm³/mol. The van der Waals surface area contributed by atoms with Gasteiger partial charge in [0.15, 0.2) is 24.2 Å². The molecule has 10 atom stereocenters. The predicted octanol–water partition coefficient (Wildman–Crippen LogP) is 4.14. The van der Waals surface area contributed by atoms with E-state index < -0.39 is 59.0 Å². The fraction of sp³-hybridized carbons (Fsp3) is 0.778. The van der Waals surface area contributed by atoms with Gasteiger partial charge in [-0.05, 0) is 63.8 Å². The van der Waals surface area contributed by atoms with E-state index in [1.165, 1.54) is 12.1 Å². The van der Waals surface area contributed by atoms with Crippen molar-refractivity contribution in [3.05, 3.63) is 28.7 Å². The number of fused-ring (bicyclic) bond motifs is 3. The summed E-state index contributed by atoms with van der Waals surface area (Å²) in [5.41, 5.74) is 0. The number of hydrogen-bond acceptors (Lipinski definition) is 11. The SMILES string of the molecule is CC1[C@H](OCC2O[C@@H]3OC(C)(C)OC3[C@H]3OC(C)(C)O[C@@H]23)OC(COS(=O)(=O)Oc2ccc(Br)cc2)[C@@H](C)[C@@H]1C. The van der Waals surface area contributed by atoms with Crippen LogP contribution in [-0.4, -0.2) is 76.3 Å². The summed E-state index contributed by atoms with van der Waals surface area (Å²) in [4.78, 5) is 0. The number of benzene rings is 1. The Labute approximate surface area is 244 Å². The van der Waals surface area contributed by atoms with Gasteiger partial charge in [0.1, 0.15) is 30.2 Å². The highest BCUT2D eigenvalue weighted by atomic mass is 79.9. The Morgan fingerprint density at radius 2 is 1.40 bits per heavy atom. The molecule has 0 amide bonds. The van der Waals surface area contributed by atoms with E-state index in [0.29, 0.717) is 0 Å². The molecule has 4 heterocycles. The zero-order valence-corrected chi connectivity index (χ0v) is 26.2. The lowest BCUT2D eigenvalue weighted by atomic mass is 9.79. The average molecular weight is 652 g/mol. The van der Waals surface area contributed by atoms with Gasteiger partial charge in [-0.1, -0.05) is 36.7 Å². The Hall–Kier alpha value is -0.870. The molecule has 11 nitrogen and oxygen atoms in total. The number of rotatable bonds is 8. The van der Waals surface area contributed by atoms with Crippen molar-refractivity contribution in [3.8, 4) is 5.75 Å². The van der Waals surface area contributed by atoms with E-state index in [0.717, 1.165) is 4.47 Å². The van der Waals surface area contributed by atoms with Crippen molar-refractivity contribution in [2.24, 2.45) is 17.8 Å². The fourth-order valence-electron chi connectivity index (χ4n) is 5.67. The molecule has 4 aliphatic heterocycles. The molecule has 0 N–H and O–H groups in total. The first-order valence-corrected chi connectivity index (χ1v) is 15.7. The van der Waals surface area contributed by atoms with E-state index in [4.69, 9.17) is 41.5 Å². The molecule has 4 saturated heterocycles. The van der Waals surface area contributed by atoms with Crippen LogP contribution in [0.4, 0.5) is 0 Å². The first kappa shape index (κ1) is 30.6. The van der Waals surface area contributed by atoms with Crippen LogP contribution < -0.4 is 4.18 Å². The van der Waals surface area contributed by atoms with Crippen LogP contribution >= 0.6 is 15.9 Å². The summed E-state index contributed by atoms with van der Waals surface area (Å²) in [5.74, 6) is -1.29. The van der Waals surface area contributed by atoms with E-state index in [-0.39, 0.29) is 42.8 Å². The largest absolute Gasteiger partial charge is 0.449 e. The third-order valence-electron chi connectivity index (χ3n) is 8.05. The van der Waals surface area contributed by atoms with Crippen molar-refractivity contribution in [3.63, 3.8) is 0 Å². The van der Waals surface area contributed by atoms with Gasteiger partial charge in [-0.3, -0.25) is 0 Å². The molecule has 1 aromatic rings. The zero-order valence-electron chi connectivity index (χ0n) is 23.8. The molecule has 4 aliphatic rings. The zero-order chi connectivity index (χ0) is 29.0. The lowest BCUT2D eigenvalue weighted by molar-refractivity contribution is -0.285. The van der Waals surface area contributed by atoms with Crippen LogP contribution in [0, 0.1) is 17.8 Å². The molecular weight excluding hydrogens is 612 g/mol. The van der Waals surface area contributed by atoms with E-state index in [9.17, 15) is 8.42 Å². The van der Waals surface area contributed by atoms with Gasteiger partial charge >= 0.3 is 10.4 Å². The van der Waals surface area contributed by atoms with E-state index in [2.05, 4.69) is 22.9 Å². The van der Waals surface area contributed by atoms with Gasteiger partial charge < -0.3 is 37.3 Å². The first-order chi connectivity index (χ1) is 18.6. The van der Waals surface area contributed by atoms with Gasteiger partial charge in [0.05, 0.1) is 19.3 Å². The smallest absolute Gasteiger partial charge is 0.362 e. The van der Waals surface area contributed by atoms with Gasteiger partial charge in [0.25, 0.3) is 0 Å². The summed E-state index contributed by atoms with van der Waals surface area (Å²) in [5, 5.41) is 0. The topological polar surface area (TPSA) is 117 Å². The molecular formula is C27H39BrO11S. The Bertz CT molecular complexity index is 1140. The molecule has 0 spiro atoms. The van der Waals surface area contributed by atoms with Crippen LogP contribution in [0.2, 0.25) is 0 Å². The highest BCUT2D eigenvalue weighted by Gasteiger charge is 2.60. The molecule has 0 radical (unpaired) electrons. The normalized spacial score (nSPS) is 40.4. The van der Waals surface area contributed by atoms with Crippen molar-refractivity contribution >= 4 is 26.3 Å². The molecule has 40 heavy (non-hydrogen) atoms. The van der Waals surface area contributed by atoms with E-state index >= 15 is 0 Å². The van der Waals surface area contributed by atoms with Crippen LogP contribution in [0.3, 0.4) is 0 Å². The van der Waals surface area contributed by atoms with Gasteiger partial charge in [0.2, 0.25) is 0 Å². The maximum atomic E-state index is 12.5. The van der Waals surface area contributed by atoms with Crippen molar-refractivity contribution in [2.45, 2.75) is 103 Å². The Morgan fingerprint density at radius 1 is 0.775 bits per heavy atom. The van der Waals surface area contributed by atoms with Crippen molar-refractivity contribution < 1.29 is 49.9 Å². The standard InChI is InChI=1S/C27H39BrO11S/c1-14-15(2)19(13-32-40(29,30)39-18-10-8-17(28)9-11-18)33-24(16(14)3)31-12-20-21-22(36-26(4,5)35-21)23-25(34-20)38-27(6,7)37-23/h8-11,14-16,19-25H,12-13H2,1-7H3/t14-,15-,16?,19?,20?,21-,22-,23?,24+,25+/m0/s1. The summed E-state index contributed by atoms with van der Waals surface area (Å²) < 4.78 is 79.2. The fourth-order valence-corrected chi connectivity index (χ4v) is 6.63. The first-order valence-electron chi connectivity index (χ1n) is 13.6. The second kappa shape index (κ2) is 11.3. The minimum absolute atomic E-state index is 0.00688. The molecule has 5 rings (SSSR count). The summed E-state index contributed by atoms with van der Waals surface area (Å²) in [7, 11) is -4.30. The molecule has 4 unspecified atom stereocenters. The molecule has 1 aromatic carbocycles. The molecule has 0 bridgehead atoms. The highest BCUT2D eigenvalue weighted by molar-refractivity contribution is 9.10. The van der Waals surface area contributed by atoms with E-state index in [1.54, 1.807) is 12.1 Å². The van der Waals surface area contributed by atoms with Crippen LogP contribution in [0.15, 0.2) is 28.7 Å². The van der Waals surface area contributed by atoms with Crippen molar-refractivity contribution in [2.75, 3.05) is 13.2 Å². The van der Waals surface area contributed by atoms with Crippen LogP contribution in [0.25, 0.3) is 0 Å². The van der Waals surface area contributed by atoms with Crippen LogP contribution in [0.1, 0.15) is 48.5 Å². The number of halogens is 1. The summed E-state index contributed by atoms with van der Waals surface area (Å²) in [6, 6.07) is 6.42. The molecule has 13 heteroatoms. The lowest BCUT2D eigenvalue weighted by Crippen LogP contribution is -2.57. The second-order valence-electron chi connectivity index (χ2n) is 11.9.